The van der Waals surface area contributed by atoms with E-state index >= 15 is 0 Å². The quantitative estimate of drug-likeness (QED) is 0.778. The van der Waals surface area contributed by atoms with Gasteiger partial charge in [-0.25, -0.2) is 4.68 Å². The van der Waals surface area contributed by atoms with Gasteiger partial charge in [0.25, 0.3) is 0 Å². The van der Waals surface area contributed by atoms with Gasteiger partial charge in [0.05, 0.1) is 24.9 Å². The van der Waals surface area contributed by atoms with Crippen molar-refractivity contribution >= 4 is 0 Å². The highest BCUT2D eigenvalue weighted by Gasteiger charge is 2.07. The van der Waals surface area contributed by atoms with Gasteiger partial charge < -0.3 is 10.2 Å². The van der Waals surface area contributed by atoms with Crippen molar-refractivity contribution in [3.63, 3.8) is 0 Å². The van der Waals surface area contributed by atoms with Gasteiger partial charge in [-0.15, -0.1) is 5.10 Å². The third-order valence-corrected chi connectivity index (χ3v) is 1.76. The van der Waals surface area contributed by atoms with Crippen molar-refractivity contribution in [2.75, 3.05) is 6.61 Å². The first-order chi connectivity index (χ1) is 7.13. The van der Waals surface area contributed by atoms with Crippen LogP contribution in [0.3, 0.4) is 0 Å². The fourth-order valence-electron chi connectivity index (χ4n) is 0.941. The number of nitrogens with zero attached hydrogens (tertiary/aromatic N) is 3. The minimum absolute atomic E-state index is 0.253. The first-order valence-electron chi connectivity index (χ1n) is 5.32. The molecule has 2 N–H and O–H groups in total. The molecule has 0 spiro atoms. The van der Waals surface area contributed by atoms with E-state index in [1.54, 1.807) is 6.20 Å². The van der Waals surface area contributed by atoms with Crippen molar-refractivity contribution in [1.82, 2.24) is 15.0 Å². The predicted molar refractivity (Wildman–Crippen MR) is 58.6 cm³/mol. The fourth-order valence-corrected chi connectivity index (χ4v) is 0.941. The lowest BCUT2D eigenvalue weighted by Crippen LogP contribution is -2.20. The molecule has 0 fully saturated rings. The summed E-state index contributed by atoms with van der Waals surface area (Å²) in [7, 11) is 0. The molecule has 1 atom stereocenters. The number of aromatic nitrogens is 3. The summed E-state index contributed by atoms with van der Waals surface area (Å²) in [6, 6.07) is 0. The summed E-state index contributed by atoms with van der Waals surface area (Å²) in [4.78, 5) is 0. The smallest absolute Gasteiger partial charge is 0.0966 e. The van der Waals surface area contributed by atoms with Gasteiger partial charge in [0.2, 0.25) is 0 Å². The van der Waals surface area contributed by atoms with E-state index in [2.05, 4.69) is 10.3 Å². The van der Waals surface area contributed by atoms with Crippen LogP contribution in [0.25, 0.3) is 0 Å². The first-order valence-corrected chi connectivity index (χ1v) is 5.32. The zero-order valence-corrected chi connectivity index (χ0v) is 9.88. The van der Waals surface area contributed by atoms with Gasteiger partial charge in [-0.2, -0.15) is 0 Å². The summed E-state index contributed by atoms with van der Waals surface area (Å²) < 4.78 is 1.54. The first kappa shape index (κ1) is 14.1. The van der Waals surface area contributed by atoms with Crippen LogP contribution in [-0.4, -0.2) is 37.9 Å². The Morgan fingerprint density at radius 2 is 2.00 bits per heavy atom. The van der Waals surface area contributed by atoms with Gasteiger partial charge in [-0.1, -0.05) is 32.9 Å². The minimum atomic E-state index is -0.762. The Bertz CT molecular complexity index is 261. The van der Waals surface area contributed by atoms with E-state index in [9.17, 15) is 0 Å². The highest BCUT2D eigenvalue weighted by molar-refractivity contribution is 4.98. The van der Waals surface area contributed by atoms with Gasteiger partial charge in [0.1, 0.15) is 0 Å². The monoisotopic (exact) mass is 215 g/mol. The van der Waals surface area contributed by atoms with Crippen LogP contribution in [-0.2, 0) is 6.54 Å². The number of aliphatic hydroxyl groups excluding tert-OH is 2. The van der Waals surface area contributed by atoms with Crippen molar-refractivity contribution in [2.24, 2.45) is 0 Å². The molecule has 1 heterocycles. The maximum atomic E-state index is 9.12. The predicted octanol–water partition coefficient (Wildman–Crippen LogP) is 0.781. The number of aliphatic hydroxyl groups is 2. The van der Waals surface area contributed by atoms with Crippen LogP contribution in [0.15, 0.2) is 6.20 Å². The summed E-state index contributed by atoms with van der Waals surface area (Å²) in [6.07, 6.45) is 1.02. The zero-order valence-electron chi connectivity index (χ0n) is 9.88. The molecule has 0 amide bonds. The van der Waals surface area contributed by atoms with Gasteiger partial charge in [-0.3, -0.25) is 0 Å². The Morgan fingerprint density at radius 1 is 1.40 bits per heavy atom. The van der Waals surface area contributed by atoms with Gasteiger partial charge in [0.15, 0.2) is 0 Å². The second-order valence-electron chi connectivity index (χ2n) is 3.36. The van der Waals surface area contributed by atoms with E-state index in [0.29, 0.717) is 5.92 Å². The van der Waals surface area contributed by atoms with E-state index in [1.165, 1.54) is 4.68 Å². The van der Waals surface area contributed by atoms with Gasteiger partial charge in [0, 0.05) is 6.20 Å². The Hall–Kier alpha value is -0.940. The summed E-state index contributed by atoms with van der Waals surface area (Å²) in [6.45, 7) is 8.08. The molecule has 0 aliphatic carbocycles. The van der Waals surface area contributed by atoms with E-state index < -0.39 is 6.10 Å². The second kappa shape index (κ2) is 7.36. The lowest BCUT2D eigenvalue weighted by Gasteiger charge is -2.05. The van der Waals surface area contributed by atoms with Crippen LogP contribution in [0.4, 0.5) is 0 Å². The molecule has 1 aromatic rings. The average molecular weight is 215 g/mol. The van der Waals surface area contributed by atoms with Crippen molar-refractivity contribution < 1.29 is 10.2 Å². The molecule has 1 rings (SSSR count). The van der Waals surface area contributed by atoms with Crippen molar-refractivity contribution in [2.45, 2.75) is 46.3 Å². The molecule has 0 aliphatic rings. The van der Waals surface area contributed by atoms with E-state index in [0.717, 1.165) is 5.69 Å². The molecular formula is C10H21N3O2. The topological polar surface area (TPSA) is 71.2 Å². The maximum Gasteiger partial charge on any atom is 0.0966 e. The lowest BCUT2D eigenvalue weighted by molar-refractivity contribution is 0.0778. The SMILES string of the molecule is CC.CC(C)c1cn(CC(O)CO)nn1. The Kier molecular flexibility index (Phi) is 6.90. The molecular weight excluding hydrogens is 194 g/mol. The average Bonchev–Trinajstić information content (AvgIpc) is 2.69. The summed E-state index contributed by atoms with van der Waals surface area (Å²) in [5.74, 6) is 0.333. The molecule has 0 saturated heterocycles. The number of rotatable bonds is 4. The lowest BCUT2D eigenvalue weighted by atomic mass is 10.2. The highest BCUT2D eigenvalue weighted by atomic mass is 16.3. The Labute approximate surface area is 90.7 Å². The molecule has 0 saturated carbocycles. The molecule has 0 bridgehead atoms. The normalized spacial score (nSPS) is 12.2. The molecule has 1 aromatic heterocycles. The zero-order chi connectivity index (χ0) is 11.8. The van der Waals surface area contributed by atoms with Crippen molar-refractivity contribution in [1.29, 1.82) is 0 Å². The van der Waals surface area contributed by atoms with E-state index in [-0.39, 0.29) is 13.2 Å². The molecule has 1 unspecified atom stereocenters. The molecule has 0 aromatic carbocycles. The van der Waals surface area contributed by atoms with Crippen LogP contribution in [0.5, 0.6) is 0 Å². The largest absolute Gasteiger partial charge is 0.394 e. The van der Waals surface area contributed by atoms with Crippen LogP contribution < -0.4 is 0 Å². The Morgan fingerprint density at radius 3 is 2.40 bits per heavy atom. The van der Waals surface area contributed by atoms with Gasteiger partial charge >= 0.3 is 0 Å². The standard InChI is InChI=1S/C8H15N3O2.C2H6/c1-6(2)8-4-11(10-9-8)3-7(13)5-12;1-2/h4,6-7,12-13H,3,5H2,1-2H3;1-2H3. The van der Waals surface area contributed by atoms with Crippen LogP contribution >= 0.6 is 0 Å². The fraction of sp³-hybridized carbons (Fsp3) is 0.800. The second-order valence-corrected chi connectivity index (χ2v) is 3.36. The summed E-state index contributed by atoms with van der Waals surface area (Å²) >= 11 is 0. The third kappa shape index (κ3) is 4.90. The van der Waals surface area contributed by atoms with Gasteiger partial charge in [-0.05, 0) is 5.92 Å². The molecule has 15 heavy (non-hydrogen) atoms. The maximum absolute atomic E-state index is 9.12. The molecule has 0 aliphatic heterocycles. The van der Waals surface area contributed by atoms with Crippen molar-refractivity contribution in [3.05, 3.63) is 11.9 Å². The van der Waals surface area contributed by atoms with E-state index in [1.807, 2.05) is 27.7 Å². The number of hydrogen-bond donors (Lipinski definition) is 2. The molecule has 88 valence electrons. The van der Waals surface area contributed by atoms with E-state index in [4.69, 9.17) is 10.2 Å². The van der Waals surface area contributed by atoms with Crippen LogP contribution in [0, 0.1) is 0 Å². The minimum Gasteiger partial charge on any atom is -0.394 e. The third-order valence-electron chi connectivity index (χ3n) is 1.76. The Balaban J connectivity index is 0.000000921. The summed E-state index contributed by atoms with van der Waals surface area (Å²) in [5, 5.41) is 25.5. The summed E-state index contributed by atoms with van der Waals surface area (Å²) in [5.41, 5.74) is 0.894. The molecule has 5 nitrogen and oxygen atoms in total. The number of hydrogen-bond acceptors (Lipinski definition) is 4. The molecule has 0 radical (unpaired) electrons. The van der Waals surface area contributed by atoms with Crippen molar-refractivity contribution in [3.8, 4) is 0 Å². The molecule has 5 heteroatoms. The highest BCUT2D eigenvalue weighted by Crippen LogP contribution is 2.08. The van der Waals surface area contributed by atoms with Crippen LogP contribution in [0.2, 0.25) is 0 Å². The van der Waals surface area contributed by atoms with Crippen LogP contribution in [0.1, 0.15) is 39.3 Å².